The normalized spacial score (nSPS) is 31.9. The molecular weight excluding hydrogens is 323 g/mol. The summed E-state index contributed by atoms with van der Waals surface area (Å²) in [4.78, 5) is 28.8. The number of halogens is 1. The lowest BCUT2D eigenvalue weighted by molar-refractivity contribution is -0.139. The first-order valence-electron chi connectivity index (χ1n) is 9.00. The topological polar surface area (TPSA) is 49.9 Å². The molecule has 2 aliphatic heterocycles. The number of hydrogen-bond donors (Lipinski definition) is 0. The molecule has 2 atom stereocenters. The Hall–Kier alpha value is -1.95. The Bertz CT molecular complexity index is 647. The minimum atomic E-state index is -0.822. The molecule has 5 nitrogen and oxygen atoms in total. The Balaban J connectivity index is 1.40. The molecule has 0 aromatic heterocycles. The standard InChI is InChI=1S/C19H23FN2O3/c20-16-8-14(9-16)19(24)22-11-15-10-21(6-7-25-17(15)12-22)18(23)13-4-2-1-3-5-13/h1-5,14-17H,6-12H2/t14?,15-,16?,17+/m0/s1. The average Bonchev–Trinajstić information content (AvgIpc) is 2.90. The fourth-order valence-corrected chi connectivity index (χ4v) is 4.03. The number of nitrogens with zero attached hydrogens (tertiary/aromatic N) is 2. The first-order valence-corrected chi connectivity index (χ1v) is 9.00. The van der Waals surface area contributed by atoms with E-state index in [-0.39, 0.29) is 29.8 Å². The van der Waals surface area contributed by atoms with E-state index in [9.17, 15) is 14.0 Å². The van der Waals surface area contributed by atoms with Crippen LogP contribution < -0.4 is 0 Å². The lowest BCUT2D eigenvalue weighted by atomic mass is 9.82. The van der Waals surface area contributed by atoms with Crippen LogP contribution in [0.2, 0.25) is 0 Å². The third-order valence-electron chi connectivity index (χ3n) is 5.58. The van der Waals surface area contributed by atoms with E-state index in [0.717, 1.165) is 0 Å². The summed E-state index contributed by atoms with van der Waals surface area (Å²) in [5.41, 5.74) is 0.676. The summed E-state index contributed by atoms with van der Waals surface area (Å²) in [6.07, 6.45) is -0.148. The maximum atomic E-state index is 13.0. The highest BCUT2D eigenvalue weighted by atomic mass is 19.1. The van der Waals surface area contributed by atoms with Gasteiger partial charge < -0.3 is 14.5 Å². The largest absolute Gasteiger partial charge is 0.374 e. The Morgan fingerprint density at radius 1 is 1.04 bits per heavy atom. The smallest absolute Gasteiger partial charge is 0.253 e. The molecule has 1 aromatic rings. The molecule has 3 fully saturated rings. The van der Waals surface area contributed by atoms with Crippen molar-refractivity contribution in [1.82, 2.24) is 9.80 Å². The minimum absolute atomic E-state index is 0.00823. The molecule has 0 spiro atoms. The first kappa shape index (κ1) is 16.5. The van der Waals surface area contributed by atoms with E-state index in [0.29, 0.717) is 51.2 Å². The van der Waals surface area contributed by atoms with Crippen LogP contribution in [0.3, 0.4) is 0 Å². The molecule has 2 saturated heterocycles. The van der Waals surface area contributed by atoms with Gasteiger partial charge >= 0.3 is 0 Å². The highest BCUT2D eigenvalue weighted by molar-refractivity contribution is 5.94. The summed E-state index contributed by atoms with van der Waals surface area (Å²) >= 11 is 0. The SMILES string of the molecule is O=C(c1ccccc1)N1CCO[C@@H]2CN(C(=O)C3CC(F)C3)C[C@@H]2C1. The number of rotatable bonds is 2. The van der Waals surface area contributed by atoms with Crippen LogP contribution in [-0.2, 0) is 9.53 Å². The minimum Gasteiger partial charge on any atom is -0.374 e. The zero-order valence-corrected chi connectivity index (χ0v) is 14.1. The van der Waals surface area contributed by atoms with Gasteiger partial charge in [-0.3, -0.25) is 9.59 Å². The van der Waals surface area contributed by atoms with Crippen LogP contribution in [0.25, 0.3) is 0 Å². The Kier molecular flexibility index (Phi) is 4.46. The molecule has 1 aliphatic carbocycles. The first-order chi connectivity index (χ1) is 12.1. The summed E-state index contributed by atoms with van der Waals surface area (Å²) in [6.45, 7) is 2.80. The number of likely N-dealkylation sites (tertiary alicyclic amines) is 1. The number of benzene rings is 1. The molecule has 1 saturated carbocycles. The van der Waals surface area contributed by atoms with Crippen molar-refractivity contribution in [3.63, 3.8) is 0 Å². The van der Waals surface area contributed by atoms with Crippen molar-refractivity contribution < 1.29 is 18.7 Å². The number of ether oxygens (including phenoxy) is 1. The van der Waals surface area contributed by atoms with Gasteiger partial charge in [0.25, 0.3) is 5.91 Å². The van der Waals surface area contributed by atoms with E-state index in [1.807, 2.05) is 40.1 Å². The summed E-state index contributed by atoms with van der Waals surface area (Å²) < 4.78 is 18.9. The molecule has 2 amide bonds. The van der Waals surface area contributed by atoms with Crippen molar-refractivity contribution in [3.05, 3.63) is 35.9 Å². The molecular formula is C19H23FN2O3. The van der Waals surface area contributed by atoms with Crippen LogP contribution in [0.5, 0.6) is 0 Å². The second kappa shape index (κ2) is 6.75. The van der Waals surface area contributed by atoms with Crippen molar-refractivity contribution in [1.29, 1.82) is 0 Å². The molecule has 2 heterocycles. The fourth-order valence-electron chi connectivity index (χ4n) is 4.03. The fraction of sp³-hybridized carbons (Fsp3) is 0.579. The summed E-state index contributed by atoms with van der Waals surface area (Å²) in [7, 11) is 0. The lowest BCUT2D eigenvalue weighted by Gasteiger charge is -2.32. The van der Waals surface area contributed by atoms with Crippen LogP contribution in [-0.4, -0.2) is 66.7 Å². The van der Waals surface area contributed by atoms with Crippen LogP contribution in [0, 0.1) is 11.8 Å². The van der Waals surface area contributed by atoms with Gasteiger partial charge in [-0.15, -0.1) is 0 Å². The van der Waals surface area contributed by atoms with Crippen LogP contribution >= 0.6 is 0 Å². The average molecular weight is 346 g/mol. The number of fused-ring (bicyclic) bond motifs is 1. The highest BCUT2D eigenvalue weighted by Gasteiger charge is 2.43. The van der Waals surface area contributed by atoms with Crippen LogP contribution in [0.4, 0.5) is 4.39 Å². The number of alkyl halides is 1. The lowest BCUT2D eigenvalue weighted by Crippen LogP contribution is -2.42. The third kappa shape index (κ3) is 3.27. The van der Waals surface area contributed by atoms with Gasteiger partial charge in [0.1, 0.15) is 6.17 Å². The summed E-state index contributed by atoms with van der Waals surface area (Å²) in [5, 5.41) is 0. The molecule has 0 radical (unpaired) electrons. The van der Waals surface area contributed by atoms with Gasteiger partial charge in [-0.25, -0.2) is 4.39 Å². The number of carbonyl (C=O) groups is 2. The van der Waals surface area contributed by atoms with E-state index in [1.165, 1.54) is 0 Å². The molecule has 0 unspecified atom stereocenters. The molecule has 6 heteroatoms. The van der Waals surface area contributed by atoms with E-state index in [4.69, 9.17) is 4.74 Å². The summed E-state index contributed by atoms with van der Waals surface area (Å²) in [5.74, 6) is 0.0140. The molecule has 3 aliphatic rings. The van der Waals surface area contributed by atoms with E-state index >= 15 is 0 Å². The van der Waals surface area contributed by atoms with Gasteiger partial charge in [-0.05, 0) is 25.0 Å². The second-order valence-corrected chi connectivity index (χ2v) is 7.30. The maximum absolute atomic E-state index is 13.0. The van der Waals surface area contributed by atoms with Gasteiger partial charge in [0.05, 0.1) is 12.7 Å². The second-order valence-electron chi connectivity index (χ2n) is 7.30. The maximum Gasteiger partial charge on any atom is 0.253 e. The Morgan fingerprint density at radius 3 is 2.48 bits per heavy atom. The number of hydrogen-bond acceptors (Lipinski definition) is 3. The van der Waals surface area contributed by atoms with Crippen LogP contribution in [0.15, 0.2) is 30.3 Å². The monoisotopic (exact) mass is 346 g/mol. The van der Waals surface area contributed by atoms with Gasteiger partial charge in [-0.1, -0.05) is 18.2 Å². The number of amides is 2. The van der Waals surface area contributed by atoms with E-state index < -0.39 is 6.17 Å². The predicted octanol–water partition coefficient (Wildman–Crippen LogP) is 1.73. The molecule has 134 valence electrons. The van der Waals surface area contributed by atoms with Crippen molar-refractivity contribution in [2.75, 3.05) is 32.8 Å². The molecule has 25 heavy (non-hydrogen) atoms. The van der Waals surface area contributed by atoms with Gasteiger partial charge in [0.15, 0.2) is 0 Å². The zero-order chi connectivity index (χ0) is 17.4. The number of carbonyl (C=O) groups excluding carboxylic acids is 2. The van der Waals surface area contributed by atoms with Crippen molar-refractivity contribution in [3.8, 4) is 0 Å². The van der Waals surface area contributed by atoms with Gasteiger partial charge in [0.2, 0.25) is 5.91 Å². The quantitative estimate of drug-likeness (QED) is 0.820. The van der Waals surface area contributed by atoms with Gasteiger partial charge in [0, 0.05) is 43.6 Å². The van der Waals surface area contributed by atoms with Crippen LogP contribution in [0.1, 0.15) is 23.2 Å². The van der Waals surface area contributed by atoms with E-state index in [1.54, 1.807) is 0 Å². The zero-order valence-electron chi connectivity index (χ0n) is 14.1. The molecule has 1 aromatic carbocycles. The van der Waals surface area contributed by atoms with Crippen molar-refractivity contribution >= 4 is 11.8 Å². The Labute approximate surface area is 146 Å². The Morgan fingerprint density at radius 2 is 1.76 bits per heavy atom. The van der Waals surface area contributed by atoms with Crippen molar-refractivity contribution in [2.24, 2.45) is 11.8 Å². The summed E-state index contributed by atoms with van der Waals surface area (Å²) in [6, 6.07) is 9.25. The molecule has 0 N–H and O–H groups in total. The predicted molar refractivity (Wildman–Crippen MR) is 89.8 cm³/mol. The van der Waals surface area contributed by atoms with Gasteiger partial charge in [-0.2, -0.15) is 0 Å². The molecule has 4 rings (SSSR count). The molecule has 0 bridgehead atoms. The van der Waals surface area contributed by atoms with E-state index in [2.05, 4.69) is 0 Å². The third-order valence-corrected chi connectivity index (χ3v) is 5.58. The van der Waals surface area contributed by atoms with Crippen molar-refractivity contribution in [2.45, 2.75) is 25.1 Å². The highest BCUT2D eigenvalue weighted by Crippen LogP contribution is 2.34.